The summed E-state index contributed by atoms with van der Waals surface area (Å²) in [6.45, 7) is 3.43. The van der Waals surface area contributed by atoms with Gasteiger partial charge in [0.2, 0.25) is 6.04 Å². The Morgan fingerprint density at radius 3 is 2.15 bits per heavy atom. The second kappa shape index (κ2) is 8.01. The van der Waals surface area contributed by atoms with E-state index < -0.39 is 23.9 Å². The molecule has 8 heteroatoms. The second-order valence-corrected chi connectivity index (χ2v) is 5.98. The number of nitrogens with one attached hydrogen (secondary N) is 1. The Balaban J connectivity index is 2.80. The average Bonchev–Trinajstić information content (AvgIpc) is 2.83. The minimum absolute atomic E-state index is 0.106. The van der Waals surface area contributed by atoms with E-state index in [9.17, 15) is 14.4 Å². The van der Waals surface area contributed by atoms with Gasteiger partial charge in [-0.1, -0.05) is 0 Å². The number of halogens is 1. The quantitative estimate of drug-likeness (QED) is 0.614. The lowest BCUT2D eigenvalue weighted by Gasteiger charge is -2.15. The van der Waals surface area contributed by atoms with Crippen LogP contribution in [0.4, 0.5) is 0 Å². The first-order valence-corrected chi connectivity index (χ1v) is 7.50. The third kappa shape index (κ3) is 4.61. The molecule has 0 aliphatic carbocycles. The predicted octanol–water partition coefficient (Wildman–Crippen LogP) is 1.74. The molecule has 0 aromatic carbocycles. The smallest absolute Gasteiger partial charge is 0.340 e. The molecule has 110 valence electrons. The minimum atomic E-state index is -1.46. The van der Waals surface area contributed by atoms with Gasteiger partial charge in [-0.15, -0.1) is 11.3 Å². The molecule has 0 saturated heterocycles. The van der Waals surface area contributed by atoms with E-state index in [-0.39, 0.29) is 13.2 Å². The number of thiophene rings is 1. The molecule has 1 aromatic rings. The van der Waals surface area contributed by atoms with Crippen LogP contribution in [-0.2, 0) is 19.1 Å². The fourth-order valence-corrected chi connectivity index (χ4v) is 2.59. The number of rotatable bonds is 6. The molecule has 0 spiro atoms. The van der Waals surface area contributed by atoms with Crippen LogP contribution in [0.5, 0.6) is 0 Å². The van der Waals surface area contributed by atoms with E-state index >= 15 is 0 Å². The summed E-state index contributed by atoms with van der Waals surface area (Å²) in [5, 5.41) is 2.32. The van der Waals surface area contributed by atoms with Gasteiger partial charge in [0.1, 0.15) is 0 Å². The van der Waals surface area contributed by atoms with E-state index in [0.29, 0.717) is 4.88 Å². The number of hydrogen-bond donors (Lipinski definition) is 1. The zero-order valence-electron chi connectivity index (χ0n) is 11.0. The predicted molar refractivity (Wildman–Crippen MR) is 76.5 cm³/mol. The van der Waals surface area contributed by atoms with E-state index in [2.05, 4.69) is 21.2 Å². The van der Waals surface area contributed by atoms with Crippen molar-refractivity contribution in [2.45, 2.75) is 19.9 Å². The maximum Gasteiger partial charge on any atom is 0.340 e. The van der Waals surface area contributed by atoms with Gasteiger partial charge >= 0.3 is 11.9 Å². The summed E-state index contributed by atoms with van der Waals surface area (Å²) in [7, 11) is 0. The van der Waals surface area contributed by atoms with E-state index in [1.165, 1.54) is 11.3 Å². The lowest BCUT2D eigenvalue weighted by atomic mass is 10.3. The molecule has 1 heterocycles. The number of carbonyl (C=O) groups is 3. The van der Waals surface area contributed by atoms with Crippen LogP contribution in [-0.4, -0.2) is 37.1 Å². The molecule has 0 fully saturated rings. The third-order valence-electron chi connectivity index (χ3n) is 2.12. The van der Waals surface area contributed by atoms with Crippen molar-refractivity contribution in [1.82, 2.24) is 5.32 Å². The van der Waals surface area contributed by atoms with Gasteiger partial charge in [0.05, 0.1) is 21.9 Å². The van der Waals surface area contributed by atoms with Crippen molar-refractivity contribution >= 4 is 45.1 Å². The highest BCUT2D eigenvalue weighted by Crippen LogP contribution is 2.21. The molecule has 6 nitrogen and oxygen atoms in total. The highest BCUT2D eigenvalue weighted by atomic mass is 79.9. The normalized spacial score (nSPS) is 10.2. The van der Waals surface area contributed by atoms with E-state index in [1.54, 1.807) is 26.0 Å². The lowest BCUT2D eigenvalue weighted by Crippen LogP contribution is -2.48. The fourth-order valence-electron chi connectivity index (χ4n) is 1.30. The van der Waals surface area contributed by atoms with Crippen molar-refractivity contribution in [1.29, 1.82) is 0 Å². The molecule has 0 aliphatic rings. The van der Waals surface area contributed by atoms with Gasteiger partial charge in [-0.3, -0.25) is 4.79 Å². The molecule has 0 saturated carbocycles. The SMILES string of the molecule is CCOC(=O)C(NC(=O)c1ccc(Br)s1)C(=O)OCC. The molecule has 0 aliphatic heterocycles. The van der Waals surface area contributed by atoms with Crippen LogP contribution in [0.3, 0.4) is 0 Å². The van der Waals surface area contributed by atoms with E-state index in [1.807, 2.05) is 0 Å². The van der Waals surface area contributed by atoms with Crippen LogP contribution in [0.2, 0.25) is 0 Å². The molecule has 0 atom stereocenters. The number of ether oxygens (including phenoxy) is 2. The number of carbonyl (C=O) groups excluding carboxylic acids is 3. The van der Waals surface area contributed by atoms with Crippen molar-refractivity contribution in [3.63, 3.8) is 0 Å². The van der Waals surface area contributed by atoms with Gasteiger partial charge in [0.15, 0.2) is 0 Å². The molecule has 0 bridgehead atoms. The topological polar surface area (TPSA) is 81.7 Å². The van der Waals surface area contributed by atoms with Crippen molar-refractivity contribution < 1.29 is 23.9 Å². The molecular formula is C12H14BrNO5S. The van der Waals surface area contributed by atoms with Crippen LogP contribution < -0.4 is 5.32 Å². The summed E-state index contributed by atoms with van der Waals surface area (Å²) in [5.41, 5.74) is 0. The van der Waals surface area contributed by atoms with E-state index in [4.69, 9.17) is 9.47 Å². The summed E-state index contributed by atoms with van der Waals surface area (Å²) in [4.78, 5) is 35.7. The summed E-state index contributed by atoms with van der Waals surface area (Å²) < 4.78 is 10.3. The highest BCUT2D eigenvalue weighted by Gasteiger charge is 2.31. The lowest BCUT2D eigenvalue weighted by molar-refractivity contribution is -0.157. The first-order chi connectivity index (χ1) is 9.49. The highest BCUT2D eigenvalue weighted by molar-refractivity contribution is 9.11. The molecule has 1 rings (SSSR count). The number of amides is 1. The van der Waals surface area contributed by atoms with Crippen LogP contribution in [0.15, 0.2) is 15.9 Å². The van der Waals surface area contributed by atoms with Gasteiger partial charge in [-0.05, 0) is 41.9 Å². The number of hydrogen-bond acceptors (Lipinski definition) is 6. The van der Waals surface area contributed by atoms with Crippen molar-refractivity contribution in [2.24, 2.45) is 0 Å². The van der Waals surface area contributed by atoms with Gasteiger partial charge in [0.25, 0.3) is 5.91 Å². The monoisotopic (exact) mass is 363 g/mol. The van der Waals surface area contributed by atoms with Crippen LogP contribution >= 0.6 is 27.3 Å². The van der Waals surface area contributed by atoms with Gasteiger partial charge in [-0.25, -0.2) is 9.59 Å². The van der Waals surface area contributed by atoms with Crippen molar-refractivity contribution in [3.05, 3.63) is 20.8 Å². The first-order valence-electron chi connectivity index (χ1n) is 5.89. The summed E-state index contributed by atoms with van der Waals surface area (Å²) in [6.07, 6.45) is 0. The molecule has 1 N–H and O–H groups in total. The fraction of sp³-hybridized carbons (Fsp3) is 0.417. The maximum absolute atomic E-state index is 11.9. The Labute approximate surface area is 128 Å². The third-order valence-corrected chi connectivity index (χ3v) is 3.74. The Morgan fingerprint density at radius 2 is 1.75 bits per heavy atom. The molecule has 20 heavy (non-hydrogen) atoms. The second-order valence-electron chi connectivity index (χ2n) is 3.51. The summed E-state index contributed by atoms with van der Waals surface area (Å²) in [6, 6.07) is 1.82. The Morgan fingerprint density at radius 1 is 1.20 bits per heavy atom. The van der Waals surface area contributed by atoms with Crippen molar-refractivity contribution in [2.75, 3.05) is 13.2 Å². The number of esters is 2. The van der Waals surface area contributed by atoms with Gasteiger partial charge in [0, 0.05) is 0 Å². The molecule has 1 aromatic heterocycles. The zero-order valence-corrected chi connectivity index (χ0v) is 13.4. The van der Waals surface area contributed by atoms with Gasteiger partial charge < -0.3 is 14.8 Å². The molecule has 1 amide bonds. The van der Waals surface area contributed by atoms with E-state index in [0.717, 1.165) is 3.79 Å². The first kappa shape index (κ1) is 16.6. The summed E-state index contributed by atoms with van der Waals surface area (Å²) >= 11 is 4.42. The Kier molecular flexibility index (Phi) is 6.66. The maximum atomic E-state index is 11.9. The zero-order chi connectivity index (χ0) is 15.1. The molecular weight excluding hydrogens is 350 g/mol. The minimum Gasteiger partial charge on any atom is -0.464 e. The van der Waals surface area contributed by atoms with Crippen LogP contribution in [0.25, 0.3) is 0 Å². The van der Waals surface area contributed by atoms with Crippen molar-refractivity contribution in [3.8, 4) is 0 Å². The van der Waals surface area contributed by atoms with Gasteiger partial charge in [-0.2, -0.15) is 0 Å². The Bertz CT molecular complexity index is 484. The standard InChI is InChI=1S/C12H14BrNO5S/c1-3-18-11(16)9(12(17)19-4-2)14-10(15)7-5-6-8(13)20-7/h5-6,9H,3-4H2,1-2H3,(H,14,15). The molecule has 0 radical (unpaired) electrons. The molecule has 0 unspecified atom stereocenters. The largest absolute Gasteiger partial charge is 0.464 e. The van der Waals surface area contributed by atoms with Crippen LogP contribution in [0, 0.1) is 0 Å². The summed E-state index contributed by atoms with van der Waals surface area (Å²) in [5.74, 6) is -2.21. The van der Waals surface area contributed by atoms with Crippen LogP contribution in [0.1, 0.15) is 23.5 Å². The Hall–Kier alpha value is -1.41. The average molecular weight is 364 g/mol.